The second-order valence-corrected chi connectivity index (χ2v) is 9.40. The molecule has 2 aromatic heterocycles. The monoisotopic (exact) mass is 448 g/mol. The quantitative estimate of drug-likeness (QED) is 0.615. The predicted molar refractivity (Wildman–Crippen MR) is 110 cm³/mol. The van der Waals surface area contributed by atoms with Crippen LogP contribution in [0.25, 0.3) is 11.5 Å². The third kappa shape index (κ3) is 3.83. The van der Waals surface area contributed by atoms with Crippen molar-refractivity contribution in [1.82, 2.24) is 19.8 Å². The minimum atomic E-state index is -3.77. The number of hydrogen-bond acceptors (Lipinski definition) is 8. The minimum absolute atomic E-state index is 0.0624. The van der Waals surface area contributed by atoms with E-state index in [2.05, 4.69) is 14.9 Å². The maximum Gasteiger partial charge on any atom is 0.253 e. The number of likely N-dealkylation sites (tertiary alicyclic amines) is 1. The molecule has 1 atom stereocenters. The molecule has 0 saturated carbocycles. The van der Waals surface area contributed by atoms with Crippen molar-refractivity contribution in [3.8, 4) is 17.2 Å². The van der Waals surface area contributed by atoms with Gasteiger partial charge in [-0.25, -0.2) is 13.1 Å². The fourth-order valence-electron chi connectivity index (χ4n) is 3.36. The highest BCUT2D eigenvalue weighted by molar-refractivity contribution is 7.89. The number of carbonyl (C=O) groups is 1. The number of hydrogen-bond donors (Lipinski definition) is 1. The number of carbonyl (C=O) groups excluding carboxylic acids is 1. The van der Waals surface area contributed by atoms with Crippen molar-refractivity contribution in [1.29, 1.82) is 0 Å². The summed E-state index contributed by atoms with van der Waals surface area (Å²) in [5.41, 5.74) is 1.15. The maximum atomic E-state index is 13.0. The SMILES string of the molecule is CNS(=O)(=O)c1cc(C(=O)N2CC[C@@H](c3nnc(-c4ccsc4)o3)C2)ccc1OC. The predicted octanol–water partition coefficient (Wildman–Crippen LogP) is 2.34. The van der Waals surface area contributed by atoms with E-state index in [-0.39, 0.29) is 28.0 Å². The van der Waals surface area contributed by atoms with Gasteiger partial charge < -0.3 is 14.1 Å². The number of aromatic nitrogens is 2. The normalized spacial score (nSPS) is 16.7. The van der Waals surface area contributed by atoms with Crippen LogP contribution in [0.4, 0.5) is 0 Å². The number of rotatable bonds is 6. The Hall–Kier alpha value is -2.76. The van der Waals surface area contributed by atoms with E-state index in [0.29, 0.717) is 31.3 Å². The van der Waals surface area contributed by atoms with Crippen molar-refractivity contribution in [2.45, 2.75) is 17.2 Å². The molecular weight excluding hydrogens is 428 g/mol. The lowest BCUT2D eigenvalue weighted by atomic mass is 10.1. The van der Waals surface area contributed by atoms with Crippen LogP contribution in [-0.4, -0.2) is 56.7 Å². The molecule has 3 aromatic rings. The van der Waals surface area contributed by atoms with Crippen molar-refractivity contribution >= 4 is 27.3 Å². The topological polar surface area (TPSA) is 115 Å². The number of nitrogens with one attached hydrogen (secondary N) is 1. The molecule has 0 radical (unpaired) electrons. The van der Waals surface area contributed by atoms with E-state index in [0.717, 1.165) is 5.56 Å². The highest BCUT2D eigenvalue weighted by Gasteiger charge is 2.32. The largest absolute Gasteiger partial charge is 0.495 e. The zero-order valence-electron chi connectivity index (χ0n) is 16.4. The van der Waals surface area contributed by atoms with Crippen LogP contribution in [0.1, 0.15) is 28.6 Å². The van der Waals surface area contributed by atoms with Gasteiger partial charge in [0.2, 0.25) is 21.8 Å². The molecular formula is C19H20N4O5S2. The maximum absolute atomic E-state index is 13.0. The smallest absolute Gasteiger partial charge is 0.253 e. The van der Waals surface area contributed by atoms with Crippen LogP contribution in [0.2, 0.25) is 0 Å². The van der Waals surface area contributed by atoms with Gasteiger partial charge in [-0.2, -0.15) is 11.3 Å². The van der Waals surface area contributed by atoms with Crippen molar-refractivity contribution in [2.75, 3.05) is 27.2 Å². The molecule has 1 saturated heterocycles. The Balaban J connectivity index is 1.52. The molecule has 9 nitrogen and oxygen atoms in total. The van der Waals surface area contributed by atoms with E-state index in [9.17, 15) is 13.2 Å². The van der Waals surface area contributed by atoms with E-state index < -0.39 is 10.0 Å². The average molecular weight is 449 g/mol. The van der Waals surface area contributed by atoms with Gasteiger partial charge in [0.15, 0.2) is 0 Å². The number of benzene rings is 1. The second kappa shape index (κ2) is 8.17. The Labute approximate surface area is 177 Å². The van der Waals surface area contributed by atoms with E-state index in [1.165, 1.54) is 26.3 Å². The fourth-order valence-corrected chi connectivity index (χ4v) is 4.91. The molecule has 158 valence electrons. The van der Waals surface area contributed by atoms with Crippen molar-refractivity contribution < 1.29 is 22.4 Å². The second-order valence-electron chi connectivity index (χ2n) is 6.77. The van der Waals surface area contributed by atoms with E-state index in [1.807, 2.05) is 16.8 Å². The lowest BCUT2D eigenvalue weighted by Gasteiger charge is -2.17. The molecule has 1 aliphatic heterocycles. The fraction of sp³-hybridized carbons (Fsp3) is 0.316. The van der Waals surface area contributed by atoms with E-state index in [4.69, 9.17) is 9.15 Å². The third-order valence-electron chi connectivity index (χ3n) is 5.00. The first-order valence-corrected chi connectivity index (χ1v) is 11.6. The average Bonchev–Trinajstić information content (AvgIpc) is 3.53. The van der Waals surface area contributed by atoms with Gasteiger partial charge >= 0.3 is 0 Å². The molecule has 1 amide bonds. The summed E-state index contributed by atoms with van der Waals surface area (Å²) in [5.74, 6) is 0.817. The molecule has 11 heteroatoms. The van der Waals surface area contributed by atoms with Gasteiger partial charge in [-0.15, -0.1) is 10.2 Å². The summed E-state index contributed by atoms with van der Waals surface area (Å²) in [6, 6.07) is 6.29. The zero-order chi connectivity index (χ0) is 21.3. The summed E-state index contributed by atoms with van der Waals surface area (Å²) < 4.78 is 37.7. The molecule has 1 fully saturated rings. The Morgan fingerprint density at radius 1 is 1.33 bits per heavy atom. The van der Waals surface area contributed by atoms with E-state index >= 15 is 0 Å². The highest BCUT2D eigenvalue weighted by atomic mass is 32.2. The van der Waals surface area contributed by atoms with Crippen LogP contribution in [0.3, 0.4) is 0 Å². The van der Waals surface area contributed by atoms with Crippen molar-refractivity contribution in [2.24, 2.45) is 0 Å². The molecule has 0 aliphatic carbocycles. The Morgan fingerprint density at radius 3 is 2.87 bits per heavy atom. The zero-order valence-corrected chi connectivity index (χ0v) is 18.0. The summed E-state index contributed by atoms with van der Waals surface area (Å²) in [6.07, 6.45) is 0.689. The number of thiophene rings is 1. The summed E-state index contributed by atoms with van der Waals surface area (Å²) >= 11 is 1.55. The Bertz CT molecular complexity index is 1160. The first-order valence-electron chi connectivity index (χ1n) is 9.19. The van der Waals surface area contributed by atoms with Crippen LogP contribution in [0.5, 0.6) is 5.75 Å². The summed E-state index contributed by atoms with van der Waals surface area (Å²) in [4.78, 5) is 14.6. The van der Waals surface area contributed by atoms with Crippen LogP contribution in [-0.2, 0) is 10.0 Å². The minimum Gasteiger partial charge on any atom is -0.495 e. The van der Waals surface area contributed by atoms with Gasteiger partial charge in [-0.3, -0.25) is 4.79 Å². The Kier molecular flexibility index (Phi) is 5.58. The summed E-state index contributed by atoms with van der Waals surface area (Å²) in [7, 11) is -1.08. The first-order chi connectivity index (χ1) is 14.4. The molecule has 0 bridgehead atoms. The van der Waals surface area contributed by atoms with Crippen LogP contribution in [0, 0.1) is 0 Å². The molecule has 30 heavy (non-hydrogen) atoms. The standard InChI is InChI=1S/C19H20N4O5S2/c1-20-30(25,26)16-9-12(3-4-15(16)27-2)19(24)23-7-5-13(10-23)17-21-22-18(28-17)14-6-8-29-11-14/h3-4,6,8-9,11,13,20H,5,7,10H2,1-2H3/t13-/m1/s1. The number of nitrogens with zero attached hydrogens (tertiary/aromatic N) is 3. The molecule has 0 unspecified atom stereocenters. The summed E-state index contributed by atoms with van der Waals surface area (Å²) in [6.45, 7) is 0.935. The highest BCUT2D eigenvalue weighted by Crippen LogP contribution is 2.31. The molecule has 3 heterocycles. The molecule has 0 spiro atoms. The van der Waals surface area contributed by atoms with E-state index in [1.54, 1.807) is 22.3 Å². The molecule has 1 aromatic carbocycles. The van der Waals surface area contributed by atoms with Crippen LogP contribution >= 0.6 is 11.3 Å². The number of amides is 1. The third-order valence-corrected chi connectivity index (χ3v) is 7.12. The molecule has 1 N–H and O–H groups in total. The lowest BCUT2D eigenvalue weighted by Crippen LogP contribution is -2.29. The van der Waals surface area contributed by atoms with Crippen molar-refractivity contribution in [3.05, 3.63) is 46.5 Å². The van der Waals surface area contributed by atoms with Crippen LogP contribution < -0.4 is 9.46 Å². The number of methoxy groups -OCH3 is 1. The first kappa shape index (κ1) is 20.5. The summed E-state index contributed by atoms with van der Waals surface area (Å²) in [5, 5.41) is 12.1. The van der Waals surface area contributed by atoms with Gasteiger partial charge in [0, 0.05) is 29.6 Å². The van der Waals surface area contributed by atoms with Gasteiger partial charge in [0.1, 0.15) is 10.6 Å². The Morgan fingerprint density at radius 2 is 2.17 bits per heavy atom. The van der Waals surface area contributed by atoms with Crippen molar-refractivity contribution in [3.63, 3.8) is 0 Å². The van der Waals surface area contributed by atoms with Gasteiger partial charge in [-0.05, 0) is 43.1 Å². The number of sulfonamides is 1. The molecule has 4 rings (SSSR count). The van der Waals surface area contributed by atoms with Gasteiger partial charge in [0.05, 0.1) is 13.0 Å². The lowest BCUT2D eigenvalue weighted by molar-refractivity contribution is 0.0789. The van der Waals surface area contributed by atoms with Gasteiger partial charge in [0.25, 0.3) is 5.91 Å². The van der Waals surface area contributed by atoms with Crippen LogP contribution in [0.15, 0.2) is 44.3 Å². The molecule has 1 aliphatic rings. The number of ether oxygens (including phenoxy) is 1. The van der Waals surface area contributed by atoms with Gasteiger partial charge in [-0.1, -0.05) is 0 Å².